The Bertz CT molecular complexity index is 503. The summed E-state index contributed by atoms with van der Waals surface area (Å²) in [4.78, 5) is 2.06. The Hall–Kier alpha value is -1.89. The molecule has 0 aromatic carbocycles. The van der Waals surface area contributed by atoms with Crippen molar-refractivity contribution in [3.8, 4) is 0 Å². The van der Waals surface area contributed by atoms with Gasteiger partial charge < -0.3 is 20.6 Å². The largest absolute Gasteiger partial charge is 0.409 e. The van der Waals surface area contributed by atoms with Gasteiger partial charge in [0.15, 0.2) is 11.7 Å². The number of aryl methyl sites for hydroxylation is 1. The number of nitrogens with two attached hydrogens (primary N) is 1. The molecule has 0 aliphatic carbocycles. The monoisotopic (exact) mass is 265 g/mol. The third-order valence-corrected chi connectivity index (χ3v) is 3.34. The van der Waals surface area contributed by atoms with Crippen molar-refractivity contribution in [1.82, 2.24) is 10.2 Å². The highest BCUT2D eigenvalue weighted by Gasteiger charge is 2.24. The number of aromatic nitrogens is 2. The van der Waals surface area contributed by atoms with E-state index < -0.39 is 0 Å². The van der Waals surface area contributed by atoms with Gasteiger partial charge in [-0.05, 0) is 26.3 Å². The highest BCUT2D eigenvalue weighted by molar-refractivity contribution is 6.02. The Morgan fingerprint density at radius 3 is 2.84 bits per heavy atom. The van der Waals surface area contributed by atoms with Crippen molar-refractivity contribution in [1.29, 1.82) is 0 Å². The van der Waals surface area contributed by atoms with Gasteiger partial charge in [0.05, 0.1) is 24.0 Å². The lowest BCUT2D eigenvalue weighted by Crippen LogP contribution is -2.43. The van der Waals surface area contributed by atoms with Crippen LogP contribution in [0, 0.1) is 13.8 Å². The second-order valence-corrected chi connectivity index (χ2v) is 4.72. The zero-order valence-electron chi connectivity index (χ0n) is 11.4. The van der Waals surface area contributed by atoms with Crippen LogP contribution in [-0.2, 0) is 4.74 Å². The van der Waals surface area contributed by atoms with Crippen LogP contribution in [0.1, 0.15) is 23.7 Å². The lowest BCUT2D eigenvalue weighted by Gasteiger charge is -2.33. The van der Waals surface area contributed by atoms with Gasteiger partial charge in [-0.2, -0.15) is 5.10 Å². The van der Waals surface area contributed by atoms with E-state index in [1.54, 1.807) is 0 Å². The lowest BCUT2D eigenvalue weighted by atomic mass is 10.1. The molecule has 2 heterocycles. The average Bonchev–Trinajstić information content (AvgIpc) is 2.40. The molecule has 1 atom stereocenters. The molecule has 0 radical (unpaired) electrons. The van der Waals surface area contributed by atoms with Gasteiger partial charge in [0.1, 0.15) is 0 Å². The van der Waals surface area contributed by atoms with E-state index in [4.69, 9.17) is 15.7 Å². The maximum absolute atomic E-state index is 8.95. The molecule has 0 bridgehead atoms. The summed E-state index contributed by atoms with van der Waals surface area (Å²) in [6, 6.07) is 0. The standard InChI is InChI=1S/C12H19N5O2/c1-7-6-17(4-5-19-7)12-10(11(13)16-18)8(2)9(3)14-15-12/h7,18H,4-6H2,1-3H3,(H2,13,16). The molecule has 104 valence electrons. The van der Waals surface area contributed by atoms with Crippen LogP contribution >= 0.6 is 0 Å². The Balaban J connectivity index is 2.47. The third kappa shape index (κ3) is 2.60. The number of morpholine rings is 1. The van der Waals surface area contributed by atoms with Crippen LogP contribution in [0.4, 0.5) is 5.82 Å². The van der Waals surface area contributed by atoms with E-state index in [1.165, 1.54) is 0 Å². The molecular weight excluding hydrogens is 246 g/mol. The molecule has 3 N–H and O–H groups in total. The van der Waals surface area contributed by atoms with Gasteiger partial charge in [0.2, 0.25) is 0 Å². The molecule has 7 heteroatoms. The van der Waals surface area contributed by atoms with Crippen molar-refractivity contribution < 1.29 is 9.94 Å². The topological polar surface area (TPSA) is 96.9 Å². The van der Waals surface area contributed by atoms with Gasteiger partial charge >= 0.3 is 0 Å². The minimum atomic E-state index is 0.0599. The van der Waals surface area contributed by atoms with E-state index in [1.807, 2.05) is 20.8 Å². The Labute approximate surface area is 112 Å². The molecule has 0 saturated carbocycles. The highest BCUT2D eigenvalue weighted by Crippen LogP contribution is 2.23. The van der Waals surface area contributed by atoms with E-state index in [-0.39, 0.29) is 11.9 Å². The molecule has 1 aliphatic heterocycles. The molecule has 1 aliphatic rings. The first-order valence-electron chi connectivity index (χ1n) is 6.23. The van der Waals surface area contributed by atoms with E-state index in [2.05, 4.69) is 20.3 Å². The fourth-order valence-electron chi connectivity index (χ4n) is 2.18. The first-order valence-corrected chi connectivity index (χ1v) is 6.23. The second kappa shape index (κ2) is 5.40. The summed E-state index contributed by atoms with van der Waals surface area (Å²) in [6.07, 6.45) is 0.122. The number of hydrogen-bond donors (Lipinski definition) is 2. The van der Waals surface area contributed by atoms with Gasteiger partial charge in [0, 0.05) is 13.1 Å². The molecule has 1 fully saturated rings. The van der Waals surface area contributed by atoms with Gasteiger partial charge in [-0.15, -0.1) is 5.10 Å². The van der Waals surface area contributed by atoms with Crippen molar-refractivity contribution in [3.63, 3.8) is 0 Å². The number of nitrogens with zero attached hydrogens (tertiary/aromatic N) is 4. The number of ether oxygens (including phenoxy) is 1. The smallest absolute Gasteiger partial charge is 0.174 e. The fourth-order valence-corrected chi connectivity index (χ4v) is 2.18. The predicted molar refractivity (Wildman–Crippen MR) is 71.6 cm³/mol. The summed E-state index contributed by atoms with van der Waals surface area (Å²) in [5.74, 6) is 0.707. The normalized spacial score (nSPS) is 20.7. The molecule has 2 rings (SSSR count). The van der Waals surface area contributed by atoms with E-state index in [0.29, 0.717) is 31.1 Å². The van der Waals surface area contributed by atoms with Crippen LogP contribution in [0.2, 0.25) is 0 Å². The summed E-state index contributed by atoms with van der Waals surface area (Å²) < 4.78 is 5.51. The molecular formula is C12H19N5O2. The van der Waals surface area contributed by atoms with Gasteiger partial charge in [-0.3, -0.25) is 0 Å². The number of oxime groups is 1. The molecule has 1 aromatic rings. The van der Waals surface area contributed by atoms with Crippen LogP contribution in [0.25, 0.3) is 0 Å². The minimum Gasteiger partial charge on any atom is -0.409 e. The number of anilines is 1. The summed E-state index contributed by atoms with van der Waals surface area (Å²) in [5.41, 5.74) is 8.07. The first kappa shape index (κ1) is 13.5. The van der Waals surface area contributed by atoms with Crippen LogP contribution in [0.15, 0.2) is 5.16 Å². The molecule has 1 aromatic heterocycles. The minimum absolute atomic E-state index is 0.0599. The van der Waals surface area contributed by atoms with Crippen LogP contribution in [-0.4, -0.2) is 47.0 Å². The molecule has 1 saturated heterocycles. The number of rotatable bonds is 2. The highest BCUT2D eigenvalue weighted by atomic mass is 16.5. The van der Waals surface area contributed by atoms with Gasteiger partial charge in [0.25, 0.3) is 0 Å². The Kier molecular flexibility index (Phi) is 3.84. The molecule has 19 heavy (non-hydrogen) atoms. The molecule has 0 spiro atoms. The third-order valence-electron chi connectivity index (χ3n) is 3.34. The quantitative estimate of drug-likeness (QED) is 0.348. The first-order chi connectivity index (χ1) is 9.04. The van der Waals surface area contributed by atoms with Crippen molar-refractivity contribution in [2.24, 2.45) is 10.9 Å². The second-order valence-electron chi connectivity index (χ2n) is 4.72. The number of amidine groups is 1. The predicted octanol–water partition coefficient (Wildman–Crippen LogP) is 0.413. The van der Waals surface area contributed by atoms with Crippen LogP contribution < -0.4 is 10.6 Å². The molecule has 7 nitrogen and oxygen atoms in total. The maximum atomic E-state index is 8.95. The van der Waals surface area contributed by atoms with E-state index >= 15 is 0 Å². The van der Waals surface area contributed by atoms with Crippen LogP contribution in [0.5, 0.6) is 0 Å². The average molecular weight is 265 g/mol. The summed E-state index contributed by atoms with van der Waals surface area (Å²) in [5, 5.41) is 20.4. The SMILES string of the molecule is Cc1nnc(N2CCOC(C)C2)c(/C(N)=N/O)c1C. The fraction of sp³-hybridized carbons (Fsp3) is 0.583. The lowest BCUT2D eigenvalue weighted by molar-refractivity contribution is 0.0528. The molecule has 1 unspecified atom stereocenters. The zero-order valence-corrected chi connectivity index (χ0v) is 11.4. The van der Waals surface area contributed by atoms with Crippen molar-refractivity contribution >= 4 is 11.7 Å². The Morgan fingerprint density at radius 2 is 2.21 bits per heavy atom. The summed E-state index contributed by atoms with van der Waals surface area (Å²) >= 11 is 0. The van der Waals surface area contributed by atoms with Crippen molar-refractivity contribution in [3.05, 3.63) is 16.8 Å². The zero-order chi connectivity index (χ0) is 14.0. The Morgan fingerprint density at radius 1 is 1.47 bits per heavy atom. The van der Waals surface area contributed by atoms with Crippen molar-refractivity contribution in [2.45, 2.75) is 26.9 Å². The van der Waals surface area contributed by atoms with Crippen molar-refractivity contribution in [2.75, 3.05) is 24.6 Å². The van der Waals surface area contributed by atoms with E-state index in [0.717, 1.165) is 11.3 Å². The van der Waals surface area contributed by atoms with Gasteiger partial charge in [-0.25, -0.2) is 0 Å². The van der Waals surface area contributed by atoms with Crippen LogP contribution in [0.3, 0.4) is 0 Å². The summed E-state index contributed by atoms with van der Waals surface area (Å²) in [7, 11) is 0. The number of hydrogen-bond acceptors (Lipinski definition) is 6. The van der Waals surface area contributed by atoms with E-state index in [9.17, 15) is 0 Å². The van der Waals surface area contributed by atoms with Gasteiger partial charge in [-0.1, -0.05) is 5.16 Å². The maximum Gasteiger partial charge on any atom is 0.174 e. The summed E-state index contributed by atoms with van der Waals surface area (Å²) in [6.45, 7) is 7.80. The molecule has 0 amide bonds.